The summed E-state index contributed by atoms with van der Waals surface area (Å²) in [5.41, 5.74) is 14.8. The molecule has 14 nitrogen and oxygen atoms in total. The quantitative estimate of drug-likeness (QED) is 0.0725. The molecule has 0 spiro atoms. The second-order valence-corrected chi connectivity index (χ2v) is 13.4. The Kier molecular flexibility index (Phi) is 16.9. The van der Waals surface area contributed by atoms with E-state index < -0.39 is 0 Å². The lowest BCUT2D eigenvalue weighted by Crippen LogP contribution is -2.57. The molecule has 0 atom stereocenters. The molecule has 0 aliphatic carbocycles. The first-order chi connectivity index (χ1) is 25.2. The van der Waals surface area contributed by atoms with Gasteiger partial charge in [-0.15, -0.1) is 0 Å². The highest BCUT2D eigenvalue weighted by atomic mass is 35.5. The molecule has 2 aliphatic heterocycles. The van der Waals surface area contributed by atoms with Gasteiger partial charge in [0.15, 0.2) is 5.65 Å². The smallest absolute Gasteiger partial charge is 0.274 e. The largest absolute Gasteiger partial charge is 0.412 e. The summed E-state index contributed by atoms with van der Waals surface area (Å²) < 4.78 is 1.63. The first-order valence-electron chi connectivity index (χ1n) is 17.4. The second-order valence-electron chi connectivity index (χ2n) is 12.9. The van der Waals surface area contributed by atoms with E-state index in [-0.39, 0.29) is 23.1 Å². The summed E-state index contributed by atoms with van der Waals surface area (Å²) >= 11 is 5.81. The predicted molar refractivity (Wildman–Crippen MR) is 223 cm³/mol. The van der Waals surface area contributed by atoms with Gasteiger partial charge in [0.05, 0.1) is 28.9 Å². The number of hydrogen-bond acceptors (Lipinski definition) is 11. The topological polar surface area (TPSA) is 207 Å². The number of nitrogens with two attached hydrogens (primary N) is 1. The highest BCUT2D eigenvalue weighted by Gasteiger charge is 2.26. The number of amides is 1. The van der Waals surface area contributed by atoms with Crippen LogP contribution >= 0.6 is 11.6 Å². The van der Waals surface area contributed by atoms with Crippen molar-refractivity contribution in [3.63, 3.8) is 0 Å². The molecule has 288 valence electrons. The Bertz CT molecular complexity index is 1940. The van der Waals surface area contributed by atoms with Gasteiger partial charge in [0.25, 0.3) is 5.91 Å². The number of carbonyl (C=O) groups is 1. The zero-order valence-electron chi connectivity index (χ0n) is 31.0. The molecule has 0 bridgehead atoms. The lowest BCUT2D eigenvalue weighted by atomic mass is 10.0. The normalized spacial score (nSPS) is 14.6. The van der Waals surface area contributed by atoms with E-state index in [2.05, 4.69) is 72.9 Å². The minimum absolute atomic E-state index is 0. The number of nitrogen functional groups attached to an aromatic ring is 1. The van der Waals surface area contributed by atoms with E-state index >= 15 is 0 Å². The molecule has 3 aromatic carbocycles. The highest BCUT2D eigenvalue weighted by molar-refractivity contribution is 6.30. The number of anilines is 4. The average molecular weight is 757 g/mol. The van der Waals surface area contributed by atoms with Gasteiger partial charge in [-0.25, -0.2) is 9.50 Å². The van der Waals surface area contributed by atoms with E-state index in [0.29, 0.717) is 11.3 Å². The lowest BCUT2D eigenvalue weighted by molar-refractivity contribution is 0.102. The monoisotopic (exact) mass is 756 g/mol. The van der Waals surface area contributed by atoms with Crippen LogP contribution in [0.25, 0.3) is 5.65 Å². The third kappa shape index (κ3) is 12.6. The number of fused-ring (bicyclic) bond motifs is 1. The van der Waals surface area contributed by atoms with Crippen molar-refractivity contribution in [2.24, 2.45) is 5.10 Å². The van der Waals surface area contributed by atoms with E-state index in [1.807, 2.05) is 66.7 Å². The molecule has 11 N–H and O–H groups in total. The number of nitrogens with one attached hydrogen (secondary N) is 4. The van der Waals surface area contributed by atoms with Gasteiger partial charge in [-0.2, -0.15) is 10.2 Å². The number of hydrazone groups is 1. The third-order valence-corrected chi connectivity index (χ3v) is 8.66. The first-order valence-corrected chi connectivity index (χ1v) is 17.7. The standard InChI is InChI=1S/C17H18N6O.C12H19N3.C10H11ClN2.H3N.H2O/c24-17(14-6-10-23-16(20-14)5-7-19-23)21-13-3-1-2-4-15(13)22-11-8-18-9-12-22;1-12(2)9-15(8-7-14-12)11-6-4-3-5-10(11)13;1-2-12-13-7-6-9-4-3-5-10(11)8-9;;/h1-7,10,18H,8-9,11-12H2,(H,21,24);3-6,14H,7-9,13H2,1-2H3;2-5,7-8,12H,1,6H2;1H3;1H2/b;;13-7-;;. The molecule has 0 saturated carbocycles. The molecule has 54 heavy (non-hydrogen) atoms. The van der Waals surface area contributed by atoms with Crippen LogP contribution in [0.5, 0.6) is 0 Å². The molecule has 2 aromatic heterocycles. The van der Waals surface area contributed by atoms with Gasteiger partial charge in [-0.05, 0) is 61.9 Å². The fourth-order valence-electron chi connectivity index (χ4n) is 5.93. The number of benzene rings is 3. The van der Waals surface area contributed by atoms with Gasteiger partial charge in [0.1, 0.15) is 5.69 Å². The second kappa shape index (κ2) is 21.3. The Labute approximate surface area is 322 Å². The molecule has 0 radical (unpaired) electrons. The van der Waals surface area contributed by atoms with Crippen LogP contribution in [-0.4, -0.2) is 83.5 Å². The van der Waals surface area contributed by atoms with Crippen LogP contribution in [0, 0.1) is 0 Å². The Balaban J connectivity index is 0.000000228. The fraction of sp³-hybridized carbons (Fsp3) is 0.282. The van der Waals surface area contributed by atoms with Gasteiger partial charge >= 0.3 is 0 Å². The van der Waals surface area contributed by atoms with E-state index in [1.165, 1.54) is 6.20 Å². The van der Waals surface area contributed by atoms with Crippen LogP contribution in [0.2, 0.25) is 5.02 Å². The minimum atomic E-state index is -0.221. The summed E-state index contributed by atoms with van der Waals surface area (Å²) in [7, 11) is 0. The molecule has 4 heterocycles. The van der Waals surface area contributed by atoms with Crippen molar-refractivity contribution in [3.8, 4) is 0 Å². The number of carbonyl (C=O) groups excluding carboxylic acids is 1. The minimum Gasteiger partial charge on any atom is -0.412 e. The van der Waals surface area contributed by atoms with Gasteiger partial charge in [0, 0.05) is 87.5 Å². The maximum Gasteiger partial charge on any atom is 0.274 e. The van der Waals surface area contributed by atoms with Crippen LogP contribution < -0.4 is 43.1 Å². The van der Waals surface area contributed by atoms with E-state index in [1.54, 1.807) is 35.3 Å². The number of para-hydroxylation sites is 4. The number of aromatic nitrogens is 3. The van der Waals surface area contributed by atoms with Crippen LogP contribution in [0.1, 0.15) is 29.9 Å². The SMILES string of the molecule is C=CN/N=C\Cc1cccc(Cl)c1.CC1(C)CN(c2ccccc2N)CCN1.N.O.O=C(Nc1ccccc1N1CCNCC1)c1ccn2nccc2n1. The van der Waals surface area contributed by atoms with Gasteiger partial charge in [-0.1, -0.05) is 54.6 Å². The Morgan fingerprint density at radius 3 is 2.43 bits per heavy atom. The summed E-state index contributed by atoms with van der Waals surface area (Å²) in [5.74, 6) is -0.221. The van der Waals surface area contributed by atoms with Crippen molar-refractivity contribution < 1.29 is 10.3 Å². The van der Waals surface area contributed by atoms with Crippen molar-refractivity contribution in [1.29, 1.82) is 0 Å². The fourth-order valence-corrected chi connectivity index (χ4v) is 6.14. The van der Waals surface area contributed by atoms with Crippen molar-refractivity contribution >= 4 is 52.1 Å². The van der Waals surface area contributed by atoms with Crippen molar-refractivity contribution in [3.05, 3.63) is 126 Å². The number of hydrogen-bond donors (Lipinski definition) is 6. The molecule has 1 amide bonds. The average Bonchev–Trinajstić information content (AvgIpc) is 3.63. The maximum atomic E-state index is 12.6. The van der Waals surface area contributed by atoms with Crippen LogP contribution in [0.4, 0.5) is 22.7 Å². The summed E-state index contributed by atoms with van der Waals surface area (Å²) in [4.78, 5) is 21.5. The molecule has 2 aliphatic rings. The summed E-state index contributed by atoms with van der Waals surface area (Å²) in [6, 6.07) is 27.1. The van der Waals surface area contributed by atoms with Crippen molar-refractivity contribution in [2.45, 2.75) is 25.8 Å². The molecule has 15 heteroatoms. The molecule has 2 fully saturated rings. The van der Waals surface area contributed by atoms with Crippen LogP contribution in [0.15, 0.2) is 115 Å². The Morgan fingerprint density at radius 2 is 1.70 bits per heavy atom. The molecule has 0 unspecified atom stereocenters. The first kappa shape index (κ1) is 42.9. The van der Waals surface area contributed by atoms with E-state index in [0.717, 1.165) is 85.6 Å². The van der Waals surface area contributed by atoms with Crippen LogP contribution in [-0.2, 0) is 6.42 Å². The number of halogens is 1. The van der Waals surface area contributed by atoms with Gasteiger partial charge in [-0.3, -0.25) is 10.2 Å². The highest BCUT2D eigenvalue weighted by Crippen LogP contribution is 2.27. The van der Waals surface area contributed by atoms with Crippen LogP contribution in [0.3, 0.4) is 0 Å². The lowest BCUT2D eigenvalue weighted by Gasteiger charge is -2.40. The maximum absolute atomic E-state index is 12.6. The number of rotatable bonds is 8. The third-order valence-electron chi connectivity index (χ3n) is 8.42. The molecular weight excluding hydrogens is 704 g/mol. The zero-order valence-corrected chi connectivity index (χ0v) is 31.8. The molecular formula is C39H53ClN12O2. The summed E-state index contributed by atoms with van der Waals surface area (Å²) in [6.07, 6.45) is 7.45. The van der Waals surface area contributed by atoms with Gasteiger partial charge < -0.3 is 43.1 Å². The Hall–Kier alpha value is -5.51. The molecule has 7 rings (SSSR count). The molecule has 5 aromatic rings. The summed E-state index contributed by atoms with van der Waals surface area (Å²) in [6.45, 7) is 14.7. The van der Waals surface area contributed by atoms with E-state index in [9.17, 15) is 4.79 Å². The van der Waals surface area contributed by atoms with Crippen molar-refractivity contribution in [1.82, 2.24) is 36.8 Å². The Morgan fingerprint density at radius 1 is 0.981 bits per heavy atom. The number of piperazine rings is 2. The number of nitrogens with zero attached hydrogens (tertiary/aromatic N) is 6. The predicted octanol–water partition coefficient (Wildman–Crippen LogP) is 4.79. The zero-order chi connectivity index (χ0) is 36.8. The van der Waals surface area contributed by atoms with Gasteiger partial charge in [0.2, 0.25) is 0 Å². The van der Waals surface area contributed by atoms with Crippen molar-refractivity contribution in [2.75, 3.05) is 66.7 Å². The van der Waals surface area contributed by atoms with E-state index in [4.69, 9.17) is 17.3 Å². The summed E-state index contributed by atoms with van der Waals surface area (Å²) in [5, 5.41) is 18.5. The molecule has 2 saturated heterocycles.